The number of hydrogen-bond acceptors (Lipinski definition) is 9. The summed E-state index contributed by atoms with van der Waals surface area (Å²) < 4.78 is 28.9. The second-order valence-corrected chi connectivity index (χ2v) is 9.42. The van der Waals surface area contributed by atoms with Crippen molar-refractivity contribution in [3.05, 3.63) is 6.33 Å². The molecule has 4 rings (SSSR count). The third-order valence-corrected chi connectivity index (χ3v) is 6.52. The zero-order chi connectivity index (χ0) is 19.7. The first-order chi connectivity index (χ1) is 12.5. The number of hydrogen-bond donors (Lipinski definition) is 5. The molecule has 1 unspecified atom stereocenters. The lowest BCUT2D eigenvalue weighted by atomic mass is 10.0. The van der Waals surface area contributed by atoms with Crippen LogP contribution >= 0.6 is 7.82 Å². The number of nitrogens with zero attached hydrogens (tertiary/aromatic N) is 4. The van der Waals surface area contributed by atoms with Gasteiger partial charge in [-0.05, 0) is 12.3 Å². The second-order valence-electron chi connectivity index (χ2n) is 6.90. The van der Waals surface area contributed by atoms with Crippen molar-refractivity contribution < 1.29 is 33.3 Å². The standard InChI is InChI=1S/C13H18N5O7PS/c1-27(24)12-16-10(14)6-11(17-12)18(4-15-6)7-5-2-13(5,9(20)8(7)19)3-25-26(21,22)23/h4-5,7-9,19-20H,2-3H2,1H3,(H2,14,16,17)(H2,21,22,23)/t5-,7-,8+,9+,13-,27?/m1/s1. The van der Waals surface area contributed by atoms with E-state index < -0.39 is 42.3 Å². The summed E-state index contributed by atoms with van der Waals surface area (Å²) in [6.45, 7) is -0.384. The summed E-state index contributed by atoms with van der Waals surface area (Å²) in [4.78, 5) is 30.2. The Morgan fingerprint density at radius 2 is 2.15 bits per heavy atom. The van der Waals surface area contributed by atoms with Gasteiger partial charge in [0.1, 0.15) is 11.6 Å². The van der Waals surface area contributed by atoms with Crippen LogP contribution in [-0.2, 0) is 19.9 Å². The Labute approximate surface area is 155 Å². The number of nitrogens with two attached hydrogens (primary N) is 1. The van der Waals surface area contributed by atoms with Crippen LogP contribution in [0.15, 0.2) is 11.5 Å². The summed E-state index contributed by atoms with van der Waals surface area (Å²) in [5.74, 6) is -0.262. The topological polar surface area (TPSA) is 194 Å². The quantitative estimate of drug-likeness (QED) is 0.281. The van der Waals surface area contributed by atoms with Crippen LogP contribution < -0.4 is 5.73 Å². The van der Waals surface area contributed by atoms with Crippen LogP contribution in [0.5, 0.6) is 0 Å². The predicted octanol–water partition coefficient (Wildman–Crippen LogP) is -1.46. The van der Waals surface area contributed by atoms with Crippen molar-refractivity contribution in [2.24, 2.45) is 11.3 Å². The second kappa shape index (κ2) is 6.01. The zero-order valence-electron chi connectivity index (χ0n) is 14.0. The number of aromatic nitrogens is 4. The number of phosphoric ester groups is 1. The van der Waals surface area contributed by atoms with E-state index in [0.29, 0.717) is 6.42 Å². The van der Waals surface area contributed by atoms with Gasteiger partial charge in [-0.3, -0.25) is 8.73 Å². The molecule has 27 heavy (non-hydrogen) atoms. The number of fused-ring (bicyclic) bond motifs is 2. The van der Waals surface area contributed by atoms with Crippen molar-refractivity contribution >= 4 is 35.6 Å². The van der Waals surface area contributed by atoms with Crippen LogP contribution in [0.1, 0.15) is 12.5 Å². The van der Waals surface area contributed by atoms with E-state index in [-0.39, 0.29) is 34.7 Å². The molecule has 2 fully saturated rings. The van der Waals surface area contributed by atoms with Crippen molar-refractivity contribution in [1.29, 1.82) is 0 Å². The number of anilines is 1. The summed E-state index contributed by atoms with van der Waals surface area (Å²) in [6, 6.07) is -0.655. The van der Waals surface area contributed by atoms with Crippen LogP contribution in [-0.4, -0.2) is 68.8 Å². The van der Waals surface area contributed by atoms with Crippen molar-refractivity contribution in [2.75, 3.05) is 18.6 Å². The fourth-order valence-corrected chi connectivity index (χ4v) is 4.85. The molecule has 0 bridgehead atoms. The van der Waals surface area contributed by atoms with Gasteiger partial charge in [-0.2, -0.15) is 0 Å². The molecular formula is C13H18N5O7PS. The number of aliphatic hydroxyl groups is 2. The van der Waals surface area contributed by atoms with Crippen LogP contribution in [0.25, 0.3) is 11.2 Å². The highest BCUT2D eigenvalue weighted by Crippen LogP contribution is 2.68. The van der Waals surface area contributed by atoms with Gasteiger partial charge in [-0.1, -0.05) is 0 Å². The summed E-state index contributed by atoms with van der Waals surface area (Å²) in [6.07, 6.45) is 0.740. The van der Waals surface area contributed by atoms with E-state index in [9.17, 15) is 19.0 Å². The average molecular weight is 419 g/mol. The molecule has 2 aromatic rings. The average Bonchev–Trinajstić information content (AvgIpc) is 3.07. The molecule has 2 aliphatic carbocycles. The van der Waals surface area contributed by atoms with Gasteiger partial charge in [0, 0.05) is 11.7 Å². The zero-order valence-corrected chi connectivity index (χ0v) is 15.7. The lowest BCUT2D eigenvalue weighted by molar-refractivity contribution is -0.0297. The molecule has 148 valence electrons. The number of aliphatic hydroxyl groups excluding tert-OH is 2. The first-order valence-electron chi connectivity index (χ1n) is 7.95. The number of nitrogen functional groups attached to an aromatic ring is 1. The maximum Gasteiger partial charge on any atom is 0.469 e. The van der Waals surface area contributed by atoms with Crippen LogP contribution in [0.2, 0.25) is 0 Å². The van der Waals surface area contributed by atoms with E-state index in [2.05, 4.69) is 19.5 Å². The van der Waals surface area contributed by atoms with Crippen LogP contribution in [0.3, 0.4) is 0 Å². The maximum absolute atomic E-state index is 11.7. The Bertz CT molecular complexity index is 995. The third-order valence-electron chi connectivity index (χ3n) is 5.36. The molecule has 2 aromatic heterocycles. The van der Waals surface area contributed by atoms with Gasteiger partial charge in [-0.15, -0.1) is 0 Å². The van der Waals surface area contributed by atoms with E-state index in [0.717, 1.165) is 0 Å². The van der Waals surface area contributed by atoms with Crippen LogP contribution in [0, 0.1) is 11.3 Å². The molecule has 14 heteroatoms. The summed E-state index contributed by atoms with van der Waals surface area (Å²) in [7, 11) is -6.19. The predicted molar refractivity (Wildman–Crippen MR) is 91.7 cm³/mol. The molecule has 2 aliphatic rings. The fraction of sp³-hybridized carbons (Fsp3) is 0.615. The largest absolute Gasteiger partial charge is 0.469 e. The van der Waals surface area contributed by atoms with Gasteiger partial charge in [0.05, 0.1) is 35.9 Å². The molecule has 0 radical (unpaired) electrons. The molecule has 0 aliphatic heterocycles. The Kier molecular flexibility index (Phi) is 4.20. The van der Waals surface area contributed by atoms with Gasteiger partial charge in [0.15, 0.2) is 11.5 Å². The fourth-order valence-electron chi connectivity index (χ4n) is 3.99. The molecule has 12 nitrogen and oxygen atoms in total. The van der Waals surface area contributed by atoms with Crippen LogP contribution in [0.4, 0.5) is 5.82 Å². The number of imidazole rings is 1. The van der Waals surface area contributed by atoms with Crippen molar-refractivity contribution in [3.8, 4) is 0 Å². The van der Waals surface area contributed by atoms with Gasteiger partial charge < -0.3 is 30.3 Å². The Hall–Kier alpha value is -1.47. The Morgan fingerprint density at radius 1 is 1.44 bits per heavy atom. The molecule has 0 aromatic carbocycles. The molecule has 0 saturated heterocycles. The van der Waals surface area contributed by atoms with Gasteiger partial charge >= 0.3 is 7.82 Å². The minimum absolute atomic E-state index is 0.0154. The third kappa shape index (κ3) is 2.90. The summed E-state index contributed by atoms with van der Waals surface area (Å²) >= 11 is 0. The van der Waals surface area contributed by atoms with E-state index in [1.165, 1.54) is 17.2 Å². The lowest BCUT2D eigenvalue weighted by Gasteiger charge is -2.24. The van der Waals surface area contributed by atoms with Crippen molar-refractivity contribution in [1.82, 2.24) is 19.5 Å². The molecule has 6 atom stereocenters. The molecule has 0 spiro atoms. The maximum atomic E-state index is 11.7. The van der Waals surface area contributed by atoms with E-state index in [1.807, 2.05) is 0 Å². The highest BCUT2D eigenvalue weighted by atomic mass is 32.2. The number of rotatable bonds is 5. The highest BCUT2D eigenvalue weighted by molar-refractivity contribution is 7.84. The monoisotopic (exact) mass is 419 g/mol. The minimum Gasteiger partial charge on any atom is -0.390 e. The SMILES string of the molecule is CS(=O)c1nc(N)c2ncn([C@H]3[C@H](O)[C@H](O)[C@@]4(COP(=O)(O)O)C[C@H]34)c2n1. The molecule has 0 amide bonds. The lowest BCUT2D eigenvalue weighted by Crippen LogP contribution is -2.35. The van der Waals surface area contributed by atoms with Gasteiger partial charge in [0.2, 0.25) is 5.16 Å². The van der Waals surface area contributed by atoms with Crippen molar-refractivity contribution in [2.45, 2.75) is 29.8 Å². The van der Waals surface area contributed by atoms with Gasteiger partial charge in [0.25, 0.3) is 0 Å². The van der Waals surface area contributed by atoms with E-state index in [4.69, 9.17) is 15.5 Å². The smallest absolute Gasteiger partial charge is 0.390 e. The summed E-state index contributed by atoms with van der Waals surface area (Å²) in [5.41, 5.74) is 5.43. The summed E-state index contributed by atoms with van der Waals surface area (Å²) in [5, 5.41) is 21.0. The first kappa shape index (κ1) is 18.9. The minimum atomic E-state index is -4.71. The Balaban J connectivity index is 1.72. The van der Waals surface area contributed by atoms with Crippen molar-refractivity contribution in [3.63, 3.8) is 0 Å². The molecular weight excluding hydrogens is 401 g/mol. The molecule has 2 heterocycles. The molecule has 6 N–H and O–H groups in total. The highest BCUT2D eigenvalue weighted by Gasteiger charge is 2.72. The normalized spacial score (nSPS) is 34.0. The van der Waals surface area contributed by atoms with Gasteiger partial charge in [-0.25, -0.2) is 19.5 Å². The number of phosphoric acid groups is 1. The molecule has 2 saturated carbocycles. The van der Waals surface area contributed by atoms with E-state index in [1.54, 1.807) is 0 Å². The van der Waals surface area contributed by atoms with E-state index >= 15 is 0 Å². The first-order valence-corrected chi connectivity index (χ1v) is 11.0. The Morgan fingerprint density at radius 3 is 2.78 bits per heavy atom.